The summed E-state index contributed by atoms with van der Waals surface area (Å²) >= 11 is 0. The summed E-state index contributed by atoms with van der Waals surface area (Å²) in [6.45, 7) is 7.09. The van der Waals surface area contributed by atoms with Gasteiger partial charge >= 0.3 is 5.97 Å². The minimum Gasteiger partial charge on any atom is -0.479 e. The van der Waals surface area contributed by atoms with Crippen LogP contribution in [0, 0.1) is 17.6 Å². The number of ether oxygens (including phenoxy) is 2. The van der Waals surface area contributed by atoms with Crippen molar-refractivity contribution in [2.75, 3.05) is 0 Å². The van der Waals surface area contributed by atoms with Gasteiger partial charge in [0.15, 0.2) is 17.7 Å². The summed E-state index contributed by atoms with van der Waals surface area (Å²) in [5.41, 5.74) is 8.66. The molecule has 2 atom stereocenters. The van der Waals surface area contributed by atoms with E-state index in [0.717, 1.165) is 11.1 Å². The molecular weight excluding hydrogens is 562 g/mol. The Labute approximate surface area is 248 Å². The van der Waals surface area contributed by atoms with E-state index < -0.39 is 41.5 Å². The van der Waals surface area contributed by atoms with E-state index in [4.69, 9.17) is 15.2 Å². The molecule has 12 heteroatoms. The number of carbonyl (C=O) groups excluding carboxylic acids is 2. The summed E-state index contributed by atoms with van der Waals surface area (Å²) < 4.78 is 40.0. The number of carboxylic acids is 1. The highest BCUT2D eigenvalue weighted by Gasteiger charge is 2.23. The molecule has 0 bridgehead atoms. The lowest BCUT2D eigenvalue weighted by Crippen LogP contribution is -2.46. The van der Waals surface area contributed by atoms with Crippen LogP contribution in [0.3, 0.4) is 0 Å². The van der Waals surface area contributed by atoms with Crippen LogP contribution in [0.1, 0.15) is 51.7 Å². The minimum absolute atomic E-state index is 0.0168. The Kier molecular flexibility index (Phi) is 11.5. The molecule has 2 aromatic carbocycles. The number of carboxylic acid groups (broad SMARTS) is 1. The molecule has 0 saturated carbocycles. The third kappa shape index (κ3) is 9.47. The number of nitrogens with two attached hydrogens (primary N) is 1. The van der Waals surface area contributed by atoms with Gasteiger partial charge in [-0.3, -0.25) is 9.59 Å². The standard InChI is InChI=1S/C31H36F2N4O6/c1-5-27(31(40)41)43-30-25(33)14-24(32)29(37-30)42-23-12-20(11-22(13-23)21-8-6-7-19(10-21)15-34)16-35-28(39)26(9-17(2)3)36-18(4)38/h6-8,10-14,17,26-27H,5,9,15-16,34H2,1-4H3,(H,35,39)(H,36,38)(H,40,41). The zero-order chi connectivity index (χ0) is 31.7. The first-order valence-corrected chi connectivity index (χ1v) is 13.8. The molecule has 0 aliphatic heterocycles. The number of hydrogen-bond acceptors (Lipinski definition) is 7. The zero-order valence-corrected chi connectivity index (χ0v) is 24.4. The Bertz CT molecular complexity index is 1470. The van der Waals surface area contributed by atoms with Gasteiger partial charge in [0.2, 0.25) is 11.8 Å². The molecule has 1 heterocycles. The quantitative estimate of drug-likeness (QED) is 0.209. The molecule has 43 heavy (non-hydrogen) atoms. The van der Waals surface area contributed by atoms with Gasteiger partial charge in [-0.15, -0.1) is 0 Å². The van der Waals surface area contributed by atoms with Crippen molar-refractivity contribution in [2.24, 2.45) is 11.7 Å². The van der Waals surface area contributed by atoms with Crippen LogP contribution in [0.2, 0.25) is 0 Å². The highest BCUT2D eigenvalue weighted by Crippen LogP contribution is 2.32. The highest BCUT2D eigenvalue weighted by molar-refractivity contribution is 5.86. The first-order chi connectivity index (χ1) is 20.4. The van der Waals surface area contributed by atoms with Crippen LogP contribution in [0.5, 0.6) is 17.5 Å². The third-order valence-electron chi connectivity index (χ3n) is 6.31. The second kappa shape index (κ2) is 15.1. The van der Waals surface area contributed by atoms with Crippen molar-refractivity contribution in [1.29, 1.82) is 0 Å². The van der Waals surface area contributed by atoms with E-state index >= 15 is 0 Å². The Morgan fingerprint density at radius 1 is 1.00 bits per heavy atom. The number of amides is 2. The van der Waals surface area contributed by atoms with E-state index in [0.29, 0.717) is 30.2 Å². The number of pyridine rings is 1. The molecular formula is C31H36F2N4O6. The predicted octanol–water partition coefficient (Wildman–Crippen LogP) is 4.69. The maximum absolute atomic E-state index is 14.8. The average molecular weight is 599 g/mol. The molecule has 0 saturated heterocycles. The second-order valence-corrected chi connectivity index (χ2v) is 10.4. The molecule has 2 amide bonds. The van der Waals surface area contributed by atoms with Crippen LogP contribution >= 0.6 is 0 Å². The Balaban J connectivity index is 1.97. The summed E-state index contributed by atoms with van der Waals surface area (Å²) in [6.07, 6.45) is -0.944. The molecule has 230 valence electrons. The molecule has 10 nitrogen and oxygen atoms in total. The number of hydrogen-bond donors (Lipinski definition) is 4. The fourth-order valence-electron chi connectivity index (χ4n) is 4.27. The smallest absolute Gasteiger partial charge is 0.344 e. The molecule has 5 N–H and O–H groups in total. The minimum atomic E-state index is -1.40. The fourth-order valence-corrected chi connectivity index (χ4v) is 4.27. The van der Waals surface area contributed by atoms with E-state index in [9.17, 15) is 28.3 Å². The molecule has 0 spiro atoms. The largest absolute Gasteiger partial charge is 0.479 e. The van der Waals surface area contributed by atoms with Crippen molar-refractivity contribution in [3.8, 4) is 28.6 Å². The molecule has 0 aliphatic rings. The molecule has 3 rings (SSSR count). The first-order valence-electron chi connectivity index (χ1n) is 13.8. The van der Waals surface area contributed by atoms with Crippen molar-refractivity contribution in [3.05, 3.63) is 71.3 Å². The summed E-state index contributed by atoms with van der Waals surface area (Å²) in [7, 11) is 0. The van der Waals surface area contributed by atoms with Gasteiger partial charge in [0.05, 0.1) is 0 Å². The van der Waals surface area contributed by atoms with Crippen molar-refractivity contribution < 1.29 is 37.7 Å². The van der Waals surface area contributed by atoms with Crippen molar-refractivity contribution in [3.63, 3.8) is 0 Å². The van der Waals surface area contributed by atoms with Crippen LogP contribution in [0.15, 0.2) is 48.5 Å². The van der Waals surface area contributed by atoms with Gasteiger partial charge in [-0.1, -0.05) is 39.0 Å². The fraction of sp³-hybridized carbons (Fsp3) is 0.355. The topological polar surface area (TPSA) is 153 Å². The van der Waals surface area contributed by atoms with Gasteiger partial charge in [-0.05, 0) is 65.3 Å². The van der Waals surface area contributed by atoms with Gasteiger partial charge in [0.1, 0.15) is 11.8 Å². The Hall–Kier alpha value is -4.58. The number of carbonyl (C=O) groups is 3. The SMILES string of the molecule is CCC(Oc1nc(Oc2cc(CNC(=O)C(CC(C)C)NC(C)=O)cc(-c3cccc(CN)c3)c2)c(F)cc1F)C(=O)O. The maximum atomic E-state index is 14.8. The number of nitrogens with zero attached hydrogens (tertiary/aromatic N) is 1. The van der Waals surface area contributed by atoms with E-state index in [1.165, 1.54) is 13.8 Å². The van der Waals surface area contributed by atoms with E-state index in [1.54, 1.807) is 18.2 Å². The summed E-state index contributed by atoms with van der Waals surface area (Å²) in [6, 6.07) is 12.1. The van der Waals surface area contributed by atoms with Crippen LogP contribution in [-0.2, 0) is 27.5 Å². The van der Waals surface area contributed by atoms with Crippen LogP contribution in [0.25, 0.3) is 11.1 Å². The number of rotatable bonds is 14. The second-order valence-electron chi connectivity index (χ2n) is 10.4. The van der Waals surface area contributed by atoms with Crippen molar-refractivity contribution in [1.82, 2.24) is 15.6 Å². The predicted molar refractivity (Wildman–Crippen MR) is 155 cm³/mol. The van der Waals surface area contributed by atoms with E-state index in [-0.39, 0.29) is 36.4 Å². The number of benzene rings is 2. The lowest BCUT2D eigenvalue weighted by Gasteiger charge is -2.20. The van der Waals surface area contributed by atoms with Crippen molar-refractivity contribution >= 4 is 17.8 Å². The lowest BCUT2D eigenvalue weighted by atomic mass is 10.00. The van der Waals surface area contributed by atoms with Crippen LogP contribution in [-0.4, -0.2) is 40.0 Å². The normalized spacial score (nSPS) is 12.4. The Morgan fingerprint density at radius 3 is 2.33 bits per heavy atom. The molecule has 3 aromatic rings. The number of aromatic nitrogens is 1. The maximum Gasteiger partial charge on any atom is 0.344 e. The molecule has 2 unspecified atom stereocenters. The van der Waals surface area contributed by atoms with Gasteiger partial charge < -0.3 is 30.9 Å². The van der Waals surface area contributed by atoms with Gasteiger partial charge in [0, 0.05) is 26.1 Å². The molecule has 0 fully saturated rings. The zero-order valence-electron chi connectivity index (χ0n) is 24.4. The van der Waals surface area contributed by atoms with Crippen LogP contribution < -0.4 is 25.8 Å². The third-order valence-corrected chi connectivity index (χ3v) is 6.31. The van der Waals surface area contributed by atoms with E-state index in [1.807, 2.05) is 38.1 Å². The number of halogens is 2. The summed E-state index contributed by atoms with van der Waals surface area (Å²) in [4.78, 5) is 39.7. The number of aliphatic carboxylic acids is 1. The Morgan fingerprint density at radius 2 is 1.70 bits per heavy atom. The molecule has 0 radical (unpaired) electrons. The van der Waals surface area contributed by atoms with Crippen LogP contribution in [0.4, 0.5) is 8.78 Å². The average Bonchev–Trinajstić information content (AvgIpc) is 2.95. The summed E-state index contributed by atoms with van der Waals surface area (Å²) in [5, 5.41) is 14.8. The lowest BCUT2D eigenvalue weighted by molar-refractivity contribution is -0.145. The van der Waals surface area contributed by atoms with Gasteiger partial charge in [0.25, 0.3) is 11.8 Å². The molecule has 1 aromatic heterocycles. The van der Waals surface area contributed by atoms with Crippen molar-refractivity contribution in [2.45, 2.75) is 65.8 Å². The first kappa shape index (κ1) is 32.9. The van der Waals surface area contributed by atoms with E-state index in [2.05, 4.69) is 15.6 Å². The highest BCUT2D eigenvalue weighted by atomic mass is 19.1. The van der Waals surface area contributed by atoms with Gasteiger partial charge in [-0.2, -0.15) is 4.98 Å². The monoisotopic (exact) mass is 598 g/mol. The summed E-state index contributed by atoms with van der Waals surface area (Å²) in [5.74, 6) is -5.46. The van der Waals surface area contributed by atoms with Gasteiger partial charge in [-0.25, -0.2) is 13.6 Å². The number of nitrogens with one attached hydrogen (secondary N) is 2. The molecule has 0 aliphatic carbocycles.